The number of benzene rings is 4. The van der Waals surface area contributed by atoms with E-state index in [1.165, 1.54) is 100 Å². The van der Waals surface area contributed by atoms with Gasteiger partial charge < -0.3 is 106 Å². The first-order chi connectivity index (χ1) is 59.2. The number of carbonyl (C=O) groups excluding carboxylic acids is 2. The summed E-state index contributed by atoms with van der Waals surface area (Å²) in [6.45, 7) is 11.3. The van der Waals surface area contributed by atoms with Crippen molar-refractivity contribution in [2.24, 2.45) is 90.3 Å². The van der Waals surface area contributed by atoms with E-state index in [1.54, 1.807) is 0 Å². The second-order valence-electron chi connectivity index (χ2n) is 23.1. The molecule has 1 aliphatic heterocycles. The third-order valence-corrected chi connectivity index (χ3v) is 19.7. The van der Waals surface area contributed by atoms with Crippen molar-refractivity contribution >= 4 is 186 Å². The molecule has 5 aromatic heterocycles. The van der Waals surface area contributed by atoms with Crippen LogP contribution in [0.15, 0.2) is 225 Å². The molecule has 1 radical (unpaired) electrons. The third kappa shape index (κ3) is 37.4. The standard InChI is InChI=1S/C24H32ClN2S.3C9H6N4O4S.2C7H7N3O2.C3H4N4O2S.2CH5N3.Co.3H2O/c1-6-9-16-27(8-3)23-15-12-19(28-23)11-14-22-24(4,7-2)20-17-18(25)10-13-21(20)26(22)5;3*14-5-1-2-6(7(15)3-5)11-12-9-10-4-8(18-9)13(16)17;2*8-4-9-10-6-2-1-5(11)3-7(6)12;4-6-3-5-1-2(10-3)7(8)9;2*2-1-4-3;;;;/h10-15,17H,6-9,16H2,1-5H3;2*1-4H,(H2,10,12,14,15);1-4,14-15H;2*1-4,8,11-12H;1H,4H2,(H,5,6);2*1H,3H2,(H2,2,4);;3*1H2/q+1;;;;;;;;;;;;/p-2. The van der Waals surface area contributed by atoms with Crippen molar-refractivity contribution in [2.75, 3.05) is 30.5 Å². The van der Waals surface area contributed by atoms with Gasteiger partial charge in [0, 0.05) is 110 Å². The van der Waals surface area contributed by atoms with Crippen LogP contribution in [0.25, 0.3) is 6.08 Å². The molecule has 0 bridgehead atoms. The molecule has 0 saturated heterocycles. The number of aromatic hydroxyl groups is 6. The number of nitrogen functional groups attached to an aromatic ring is 1. The van der Waals surface area contributed by atoms with Crippen molar-refractivity contribution in [1.29, 1.82) is 10.8 Å². The Bertz CT molecular complexity index is 5610. The van der Waals surface area contributed by atoms with Gasteiger partial charge in [0.05, 0.1) is 30.1 Å². The monoisotopic (exact) mass is 1930 g/mol. The number of rotatable bonds is 21. The van der Waals surface area contributed by atoms with E-state index >= 15 is 0 Å². The number of thiazole rings is 4. The number of nitrogens with zero attached hydrogens (tertiary/aromatic N) is 22. The van der Waals surface area contributed by atoms with Gasteiger partial charge in [-0.15, -0.1) is 42.0 Å². The molecule has 1 unspecified atom stereocenters. The van der Waals surface area contributed by atoms with Gasteiger partial charge in [0.1, 0.15) is 119 Å². The fourth-order valence-electron chi connectivity index (χ4n) is 9.10. The molecule has 0 spiro atoms. The predicted molar refractivity (Wildman–Crippen MR) is 480 cm³/mol. The summed E-state index contributed by atoms with van der Waals surface area (Å²) in [5, 5.41) is 171. The number of unbranched alkanes of at least 4 members (excludes halogenated alkanes) is 1. The number of aromatic nitrogens is 4. The van der Waals surface area contributed by atoms with Gasteiger partial charge in [-0.05, 0) is 140 Å². The van der Waals surface area contributed by atoms with E-state index in [9.17, 15) is 65.4 Å². The van der Waals surface area contributed by atoms with Crippen LogP contribution < -0.4 is 58.9 Å². The van der Waals surface area contributed by atoms with E-state index in [2.05, 4.69) is 190 Å². The van der Waals surface area contributed by atoms with Crippen LogP contribution in [-0.4, -0.2) is 166 Å². The molecule has 58 heteroatoms. The minimum absolute atomic E-state index is 0. The van der Waals surface area contributed by atoms with Crippen molar-refractivity contribution < 1.29 is 108 Å². The number of hydrogen-bond donors (Lipinski definition) is 16. The number of nitro groups is 4. The number of hydrazine groups is 1. The smallest absolute Gasteiger partial charge is 0.345 e. The summed E-state index contributed by atoms with van der Waals surface area (Å²) in [5.41, 5.74) is 16.1. The van der Waals surface area contributed by atoms with E-state index in [0.29, 0.717) is 5.13 Å². The molecule has 9 aromatic rings. The van der Waals surface area contributed by atoms with Gasteiger partial charge >= 0.3 is 20.0 Å². The van der Waals surface area contributed by atoms with Crippen LogP contribution in [0.4, 0.5) is 58.0 Å². The van der Waals surface area contributed by atoms with Crippen LogP contribution in [0.3, 0.4) is 0 Å². The molecule has 27 N–H and O–H groups in total. The molecule has 685 valence electrons. The number of halogens is 1. The quantitative estimate of drug-likeness (QED) is 0.00464. The first kappa shape index (κ1) is 113. The number of phenolic OH excluding ortho intramolecular Hbond substituents is 6. The van der Waals surface area contributed by atoms with Crippen LogP contribution in [-0.2, 0) is 31.8 Å². The van der Waals surface area contributed by atoms with Crippen LogP contribution in [0.5, 0.6) is 34.5 Å². The molecule has 12 rings (SSSR count). The number of azo groups is 3. The molecular formula is C70H82ClCoN30O21S5-. The summed E-state index contributed by atoms with van der Waals surface area (Å²) in [6.07, 6.45) is 23.1. The zero-order valence-electron chi connectivity index (χ0n) is 67.0. The summed E-state index contributed by atoms with van der Waals surface area (Å²) >= 11 is 11.4. The van der Waals surface area contributed by atoms with Crippen molar-refractivity contribution in [1.82, 2.24) is 19.9 Å². The van der Waals surface area contributed by atoms with Crippen molar-refractivity contribution in [3.05, 3.63) is 229 Å². The summed E-state index contributed by atoms with van der Waals surface area (Å²) in [5.74, 6) is 11.8. The number of carbonyl (C=O) groups is 2. The maximum atomic E-state index is 10.9. The van der Waals surface area contributed by atoms with Gasteiger partial charge in [-0.1, -0.05) is 54.5 Å². The van der Waals surface area contributed by atoms with Gasteiger partial charge in [0.25, 0.3) is 0 Å². The first-order valence-electron chi connectivity index (χ1n) is 34.5. The number of nitrogens with two attached hydrogens (primary N) is 5. The van der Waals surface area contributed by atoms with Gasteiger partial charge in [-0.2, -0.15) is 14.8 Å². The number of fused-ring (bicyclic) bond motifs is 1. The van der Waals surface area contributed by atoms with Crippen molar-refractivity contribution in [2.45, 2.75) is 52.4 Å². The molecular weight excluding hydrogens is 1850 g/mol. The number of anilines is 2. The number of allylic oxidation sites excluding steroid dienone is 7. The molecule has 0 amide bonds. The Hall–Kier alpha value is -15.3. The Kier molecular flexibility index (Phi) is 51.6. The largest absolute Gasteiger partial charge is 0.508 e. The average molecular weight is 1930 g/mol. The predicted octanol–water partition coefficient (Wildman–Crippen LogP) is 10.0. The Balaban J connectivity index is 0.00000147. The van der Waals surface area contributed by atoms with E-state index in [1.807, 2.05) is 17.4 Å². The topological polar surface area (TPSA) is 861 Å². The zero-order valence-corrected chi connectivity index (χ0v) is 72.9. The summed E-state index contributed by atoms with van der Waals surface area (Å²) in [4.78, 5) is 79.4. The molecule has 0 fully saturated rings. The Morgan fingerprint density at radius 1 is 0.594 bits per heavy atom. The van der Waals surface area contributed by atoms with Crippen molar-refractivity contribution in [3.8, 4) is 34.5 Å². The number of nitrogens with one attached hydrogen (secondary N) is 3. The maximum Gasteiger partial charge on any atom is 0.345 e. The molecule has 2 aliphatic carbocycles. The van der Waals surface area contributed by atoms with Gasteiger partial charge in [-0.3, -0.25) is 76.5 Å². The van der Waals surface area contributed by atoms with E-state index in [0.717, 1.165) is 150 Å². The number of hydrazone groups is 2. The second-order valence-corrected chi connectivity index (χ2v) is 28.6. The second kappa shape index (κ2) is 58.7. The Morgan fingerprint density at radius 2 is 1.04 bits per heavy atom. The molecule has 0 saturated carbocycles. The summed E-state index contributed by atoms with van der Waals surface area (Å²) in [7, 11) is 2.16. The minimum atomic E-state index is -0.583. The van der Waals surface area contributed by atoms with Gasteiger partial charge in [0.15, 0.2) is 17.3 Å². The molecule has 6 heterocycles. The minimum Gasteiger partial charge on any atom is -0.508 e. The third-order valence-electron chi connectivity index (χ3n) is 14.9. The SMILES string of the molecule is CCCCN(CC)c1ccc(/C=C/C2=[N+](C)c3ccc(Cl)cc3C2(C)CC)s1.N/C=N\N.N/C=N\N.N=CN=Nc1ccc(O)cc1O.N=CN=Nc1ccc(O)cc1O.NNc1ncc([N+](=O)[O-])s1.O.O.O.O=C1C=CC(=NN=c2[n-]cc([N+](=O)[O-])s2)C(O)=C1.O=C1C=CC(=NN=c2[n-]cc([N+](=O)[O-])s2)C(O)=C1.O=[N+]([O-])c1cnc(N=Nc2ccc(O)cc2O)s1.[Co]. The zero-order chi connectivity index (χ0) is 92.0. The Labute approximate surface area is 757 Å². The number of thiophene rings is 1. The van der Waals surface area contributed by atoms with Crippen LogP contribution in [0.2, 0.25) is 5.02 Å². The van der Waals surface area contributed by atoms with Crippen LogP contribution in [0, 0.1) is 51.3 Å². The molecule has 1 atom stereocenters. The summed E-state index contributed by atoms with van der Waals surface area (Å²) in [6, 6.07) is 22.4. The normalized spacial score (nSPS) is 14.0. The van der Waals surface area contributed by atoms with E-state index in [-0.39, 0.29) is 159 Å². The molecule has 4 aromatic carbocycles. The number of aliphatic hydroxyl groups is 2. The maximum absolute atomic E-state index is 10.9. The number of phenols is 6. The van der Waals surface area contributed by atoms with E-state index in [4.69, 9.17) is 53.8 Å². The molecule has 51 nitrogen and oxygen atoms in total. The first-order valence-corrected chi connectivity index (χ1v) is 38.9. The molecule has 3 aliphatic rings. The van der Waals surface area contributed by atoms with E-state index < -0.39 is 19.7 Å². The fraction of sp³-hybridized carbons (Fsp3) is 0.157. The van der Waals surface area contributed by atoms with Crippen LogP contribution >= 0.6 is 68.3 Å². The number of ketones is 2. The Morgan fingerprint density at radius 3 is 1.41 bits per heavy atom. The number of aliphatic hydroxyl groups excluding tert-OH is 2. The van der Waals surface area contributed by atoms with Gasteiger partial charge in [0.2, 0.25) is 16.0 Å². The fourth-order valence-corrected chi connectivity index (χ4v) is 12.5. The van der Waals surface area contributed by atoms with Gasteiger partial charge in [-0.25, -0.2) is 15.8 Å². The van der Waals surface area contributed by atoms with Crippen molar-refractivity contribution in [3.63, 3.8) is 0 Å². The number of hydrogen-bond acceptors (Lipinski definition) is 42. The summed E-state index contributed by atoms with van der Waals surface area (Å²) < 4.78 is 2.32. The molecule has 128 heavy (non-hydrogen) atoms. The van der Waals surface area contributed by atoms with Crippen LogP contribution in [0.1, 0.15) is 57.4 Å². The average Bonchev–Trinajstić information content (AvgIpc) is 1.59.